The van der Waals surface area contributed by atoms with Crippen LogP contribution in [0.4, 0.5) is 8.78 Å². The van der Waals surface area contributed by atoms with Gasteiger partial charge in [0.15, 0.2) is 0 Å². The summed E-state index contributed by atoms with van der Waals surface area (Å²) in [5, 5.41) is 17.1. The first-order valence-electron chi connectivity index (χ1n) is 7.51. The molecular formula is C17H13BrF2N2O2S2. The predicted molar refractivity (Wildman–Crippen MR) is 101 cm³/mol. The van der Waals surface area contributed by atoms with Gasteiger partial charge in [0.05, 0.1) is 23.1 Å². The Balaban J connectivity index is 1.55. The van der Waals surface area contributed by atoms with Crippen LogP contribution < -0.4 is 5.32 Å². The largest absolute Gasteiger partial charge is 0.386 e. The van der Waals surface area contributed by atoms with Gasteiger partial charge < -0.3 is 10.4 Å². The van der Waals surface area contributed by atoms with Crippen LogP contribution in [0.2, 0.25) is 0 Å². The average Bonchev–Trinajstić information content (AvgIpc) is 3.21. The molecule has 26 heavy (non-hydrogen) atoms. The van der Waals surface area contributed by atoms with Crippen LogP contribution in [-0.2, 0) is 11.2 Å². The van der Waals surface area contributed by atoms with Crippen LogP contribution in [-0.4, -0.2) is 22.5 Å². The number of rotatable bonds is 6. The van der Waals surface area contributed by atoms with Crippen LogP contribution in [0.25, 0.3) is 9.88 Å². The summed E-state index contributed by atoms with van der Waals surface area (Å²) in [5.41, 5.74) is 0.556. The standard InChI is InChI=1S/C17H13BrF2N2O2S2/c18-9-3-15(25-7-9)17-22-11(8-26-17)5-16(24)21-6-14(23)12-2-1-10(19)4-13(12)20/h1-4,7-8,14,23H,5-6H2,(H,21,24). The lowest BCUT2D eigenvalue weighted by molar-refractivity contribution is -0.120. The molecule has 0 spiro atoms. The molecule has 1 amide bonds. The number of nitrogens with zero attached hydrogens (tertiary/aromatic N) is 1. The fourth-order valence-electron chi connectivity index (χ4n) is 2.25. The molecule has 9 heteroatoms. The number of hydrogen-bond donors (Lipinski definition) is 2. The number of thiophene rings is 1. The normalized spacial score (nSPS) is 12.2. The molecule has 3 rings (SSSR count). The molecule has 4 nitrogen and oxygen atoms in total. The Morgan fingerprint density at radius 1 is 1.27 bits per heavy atom. The number of nitrogens with one attached hydrogen (secondary N) is 1. The Morgan fingerprint density at radius 3 is 2.77 bits per heavy atom. The average molecular weight is 459 g/mol. The van der Waals surface area contributed by atoms with E-state index in [9.17, 15) is 18.7 Å². The van der Waals surface area contributed by atoms with Crippen LogP contribution in [0.1, 0.15) is 17.4 Å². The molecule has 2 N–H and O–H groups in total. The van der Waals surface area contributed by atoms with Gasteiger partial charge in [-0.3, -0.25) is 4.79 Å². The topological polar surface area (TPSA) is 62.2 Å². The third kappa shape index (κ3) is 4.73. The van der Waals surface area contributed by atoms with E-state index < -0.39 is 17.7 Å². The molecule has 0 saturated carbocycles. The molecule has 0 aliphatic heterocycles. The summed E-state index contributed by atoms with van der Waals surface area (Å²) in [6.07, 6.45) is -1.20. The monoisotopic (exact) mass is 458 g/mol. The lowest BCUT2D eigenvalue weighted by Gasteiger charge is -2.13. The van der Waals surface area contributed by atoms with Crippen molar-refractivity contribution in [2.24, 2.45) is 0 Å². The van der Waals surface area contributed by atoms with Crippen molar-refractivity contribution in [1.82, 2.24) is 10.3 Å². The first-order valence-corrected chi connectivity index (χ1v) is 10.1. The second-order valence-corrected chi connectivity index (χ2v) is 8.12. The van der Waals surface area contributed by atoms with Crippen molar-refractivity contribution in [3.05, 3.63) is 62.4 Å². The van der Waals surface area contributed by atoms with Crippen molar-refractivity contribution in [2.45, 2.75) is 12.5 Å². The van der Waals surface area contributed by atoms with E-state index in [4.69, 9.17) is 0 Å². The minimum Gasteiger partial charge on any atom is -0.386 e. The molecule has 3 aromatic rings. The molecule has 136 valence electrons. The highest BCUT2D eigenvalue weighted by Gasteiger charge is 2.16. The van der Waals surface area contributed by atoms with Gasteiger partial charge in [0.25, 0.3) is 0 Å². The van der Waals surface area contributed by atoms with Crippen LogP contribution >= 0.6 is 38.6 Å². The quantitative estimate of drug-likeness (QED) is 0.578. The van der Waals surface area contributed by atoms with Crippen LogP contribution in [0.15, 0.2) is 39.5 Å². The van der Waals surface area contributed by atoms with Gasteiger partial charge in [-0.25, -0.2) is 13.8 Å². The summed E-state index contributed by atoms with van der Waals surface area (Å²) < 4.78 is 27.5. The molecule has 1 atom stereocenters. The summed E-state index contributed by atoms with van der Waals surface area (Å²) in [5.74, 6) is -1.91. The highest BCUT2D eigenvalue weighted by Crippen LogP contribution is 2.32. The predicted octanol–water partition coefficient (Wildman–Crippen LogP) is 4.30. The number of carbonyl (C=O) groups excluding carboxylic acids is 1. The lowest BCUT2D eigenvalue weighted by Crippen LogP contribution is -2.30. The van der Waals surface area contributed by atoms with Crippen molar-refractivity contribution in [3.63, 3.8) is 0 Å². The summed E-state index contributed by atoms with van der Waals surface area (Å²) in [6.45, 7) is -0.170. The maximum absolute atomic E-state index is 13.6. The summed E-state index contributed by atoms with van der Waals surface area (Å²) in [7, 11) is 0. The molecule has 0 bridgehead atoms. The highest BCUT2D eigenvalue weighted by molar-refractivity contribution is 9.10. The second kappa shape index (κ2) is 8.34. The van der Waals surface area contributed by atoms with Gasteiger partial charge in [-0.05, 0) is 28.1 Å². The smallest absolute Gasteiger partial charge is 0.226 e. The van der Waals surface area contributed by atoms with Crippen molar-refractivity contribution < 1.29 is 18.7 Å². The van der Waals surface area contributed by atoms with E-state index >= 15 is 0 Å². The zero-order valence-corrected chi connectivity index (χ0v) is 16.4. The minimum atomic E-state index is -1.26. The van der Waals surface area contributed by atoms with Gasteiger partial charge in [0.2, 0.25) is 5.91 Å². The number of amides is 1. The Kier molecular flexibility index (Phi) is 6.13. The van der Waals surface area contributed by atoms with E-state index in [2.05, 4.69) is 26.2 Å². The van der Waals surface area contributed by atoms with E-state index in [1.165, 1.54) is 11.3 Å². The molecular weight excluding hydrogens is 446 g/mol. The van der Waals surface area contributed by atoms with Crippen molar-refractivity contribution in [3.8, 4) is 9.88 Å². The molecule has 0 radical (unpaired) electrons. The molecule has 1 aromatic carbocycles. The molecule has 1 unspecified atom stereocenters. The molecule has 0 aliphatic rings. The van der Waals surface area contributed by atoms with Gasteiger partial charge >= 0.3 is 0 Å². The Morgan fingerprint density at radius 2 is 2.08 bits per heavy atom. The van der Waals surface area contributed by atoms with Gasteiger partial charge in [0, 0.05) is 33.4 Å². The third-order valence-corrected chi connectivity index (χ3v) is 6.24. The fourth-order valence-corrected chi connectivity index (χ4v) is 4.57. The number of hydrogen-bond acceptors (Lipinski definition) is 5. The number of benzene rings is 1. The summed E-state index contributed by atoms with van der Waals surface area (Å²) >= 11 is 6.39. The highest BCUT2D eigenvalue weighted by atomic mass is 79.9. The maximum atomic E-state index is 13.6. The van der Waals surface area contributed by atoms with Crippen LogP contribution in [0.5, 0.6) is 0 Å². The first kappa shape index (κ1) is 19.1. The minimum absolute atomic E-state index is 0.0572. The number of halogens is 3. The van der Waals surface area contributed by atoms with Gasteiger partial charge in [-0.15, -0.1) is 22.7 Å². The van der Waals surface area contributed by atoms with Gasteiger partial charge in [-0.1, -0.05) is 6.07 Å². The summed E-state index contributed by atoms with van der Waals surface area (Å²) in [4.78, 5) is 17.5. The van der Waals surface area contributed by atoms with Crippen molar-refractivity contribution in [2.75, 3.05) is 6.54 Å². The number of aliphatic hydroxyl groups is 1. The first-order chi connectivity index (χ1) is 12.4. The third-order valence-electron chi connectivity index (χ3n) is 3.49. The Labute approximate surface area is 164 Å². The van der Waals surface area contributed by atoms with Crippen LogP contribution in [0.3, 0.4) is 0 Å². The number of aromatic nitrogens is 1. The van der Waals surface area contributed by atoms with Crippen molar-refractivity contribution in [1.29, 1.82) is 0 Å². The lowest BCUT2D eigenvalue weighted by atomic mass is 10.1. The summed E-state index contributed by atoms with van der Waals surface area (Å²) in [6, 6.07) is 4.87. The van der Waals surface area contributed by atoms with Gasteiger partial charge in [0.1, 0.15) is 16.6 Å². The van der Waals surface area contributed by atoms with E-state index in [1.54, 1.807) is 16.7 Å². The van der Waals surface area contributed by atoms with Crippen LogP contribution in [0, 0.1) is 11.6 Å². The van der Waals surface area contributed by atoms with E-state index in [-0.39, 0.29) is 24.4 Å². The van der Waals surface area contributed by atoms with E-state index in [1.807, 2.05) is 11.4 Å². The zero-order chi connectivity index (χ0) is 18.7. The fraction of sp³-hybridized carbons (Fsp3) is 0.176. The number of thiazole rings is 1. The molecule has 0 fully saturated rings. The molecule has 0 aliphatic carbocycles. The second-order valence-electron chi connectivity index (χ2n) is 5.44. The van der Waals surface area contributed by atoms with E-state index in [0.717, 1.165) is 26.5 Å². The Bertz CT molecular complexity index is 929. The molecule has 2 heterocycles. The van der Waals surface area contributed by atoms with Gasteiger partial charge in [-0.2, -0.15) is 0 Å². The van der Waals surface area contributed by atoms with E-state index in [0.29, 0.717) is 11.8 Å². The van der Waals surface area contributed by atoms with Crippen molar-refractivity contribution >= 4 is 44.5 Å². The number of aliphatic hydroxyl groups excluding tert-OH is 1. The number of carbonyl (C=O) groups is 1. The molecule has 2 aromatic heterocycles. The maximum Gasteiger partial charge on any atom is 0.226 e. The zero-order valence-electron chi connectivity index (χ0n) is 13.2. The SMILES string of the molecule is O=C(Cc1csc(-c2cc(Br)cs2)n1)NCC(O)c1ccc(F)cc1F. The molecule has 0 saturated heterocycles. The Hall–Kier alpha value is -1.68.